The summed E-state index contributed by atoms with van der Waals surface area (Å²) in [6.07, 6.45) is 1.43. The predicted octanol–water partition coefficient (Wildman–Crippen LogP) is 1.03. The van der Waals surface area contributed by atoms with Gasteiger partial charge >= 0.3 is 0 Å². The molecule has 17 heavy (non-hydrogen) atoms. The molecule has 2 rings (SSSR count). The highest BCUT2D eigenvalue weighted by Gasteiger charge is 2.21. The average Bonchev–Trinajstić information content (AvgIpc) is 2.56. The van der Waals surface area contributed by atoms with Crippen LogP contribution in [0.15, 0.2) is 6.33 Å². The first-order chi connectivity index (χ1) is 7.94. The van der Waals surface area contributed by atoms with Crippen LogP contribution in [-0.4, -0.2) is 31.5 Å². The number of rotatable bonds is 3. The molecule has 2 aromatic heterocycles. The molecule has 0 spiro atoms. The van der Waals surface area contributed by atoms with E-state index < -0.39 is 0 Å². The highest BCUT2D eigenvalue weighted by atomic mass is 127. The summed E-state index contributed by atoms with van der Waals surface area (Å²) in [4.78, 5) is 8.16. The second kappa shape index (κ2) is 4.37. The Labute approximate surface area is 112 Å². The quantitative estimate of drug-likeness (QED) is 0.810. The number of nitrogens with two attached hydrogens (primary N) is 1. The zero-order chi connectivity index (χ0) is 12.6. The molecule has 0 saturated carbocycles. The van der Waals surface area contributed by atoms with Crippen molar-refractivity contribution in [3.63, 3.8) is 0 Å². The number of hydrogen-bond acceptors (Lipinski definition) is 5. The van der Waals surface area contributed by atoms with Gasteiger partial charge in [-0.15, -0.1) is 0 Å². The molecular weight excluding hydrogens is 333 g/mol. The zero-order valence-electron chi connectivity index (χ0n) is 9.68. The maximum atomic E-state index is 9.29. The van der Waals surface area contributed by atoms with E-state index in [-0.39, 0.29) is 12.0 Å². The monoisotopic (exact) mass is 347 g/mol. The fraction of sp³-hybridized carbons (Fsp3) is 0.500. The minimum atomic E-state index is -0.248. The number of nitrogen functional groups attached to an aromatic ring is 1. The Balaban J connectivity index is 2.53. The highest BCUT2D eigenvalue weighted by Crippen LogP contribution is 2.25. The molecule has 0 fully saturated rings. The maximum absolute atomic E-state index is 9.29. The fourth-order valence-electron chi connectivity index (χ4n) is 1.55. The molecule has 6 nitrogen and oxygen atoms in total. The summed E-state index contributed by atoms with van der Waals surface area (Å²) >= 11 is 2.11. The molecule has 0 atom stereocenters. The summed E-state index contributed by atoms with van der Waals surface area (Å²) in [6.45, 7) is 4.61. The third-order valence-corrected chi connectivity index (χ3v) is 3.28. The molecule has 0 aliphatic rings. The summed E-state index contributed by atoms with van der Waals surface area (Å²) in [7, 11) is 0. The Morgan fingerprint density at radius 2 is 2.18 bits per heavy atom. The van der Waals surface area contributed by atoms with Gasteiger partial charge in [-0.1, -0.05) is 13.8 Å². The Hall–Kier alpha value is -0.960. The SMILES string of the molecule is CC(C)(CO)Cn1nc(I)c2c(N)ncnc21. The number of fused-ring (bicyclic) bond motifs is 1. The standard InChI is InChI=1S/C10H14IN5O/c1-10(2,4-17)3-16-9-6(7(11)15-16)8(12)13-5-14-9/h5,17H,3-4H2,1-2H3,(H2,12,13,14). The number of aromatic nitrogens is 4. The van der Waals surface area contributed by atoms with Gasteiger partial charge in [0.2, 0.25) is 0 Å². The Morgan fingerprint density at radius 3 is 2.82 bits per heavy atom. The number of aliphatic hydroxyl groups is 1. The van der Waals surface area contributed by atoms with Gasteiger partial charge in [-0.3, -0.25) is 0 Å². The van der Waals surface area contributed by atoms with Crippen molar-refractivity contribution in [3.05, 3.63) is 10.0 Å². The molecule has 0 aromatic carbocycles. The molecule has 0 bridgehead atoms. The van der Waals surface area contributed by atoms with Crippen molar-refractivity contribution in [2.24, 2.45) is 5.41 Å². The van der Waals surface area contributed by atoms with Gasteiger partial charge < -0.3 is 10.8 Å². The van der Waals surface area contributed by atoms with Crippen LogP contribution in [0.4, 0.5) is 5.82 Å². The third kappa shape index (κ3) is 2.34. The van der Waals surface area contributed by atoms with E-state index in [0.717, 1.165) is 9.09 Å². The van der Waals surface area contributed by atoms with Gasteiger partial charge in [0.1, 0.15) is 15.8 Å². The molecule has 0 aliphatic heterocycles. The van der Waals surface area contributed by atoms with E-state index in [0.29, 0.717) is 18.0 Å². The van der Waals surface area contributed by atoms with Crippen LogP contribution in [0.25, 0.3) is 11.0 Å². The van der Waals surface area contributed by atoms with Gasteiger partial charge in [-0.05, 0) is 22.6 Å². The third-order valence-electron chi connectivity index (χ3n) is 2.52. The van der Waals surface area contributed by atoms with Crippen LogP contribution in [0.2, 0.25) is 0 Å². The van der Waals surface area contributed by atoms with Crippen molar-refractivity contribution in [1.82, 2.24) is 19.7 Å². The second-order valence-corrected chi connectivity index (χ2v) is 5.75. The van der Waals surface area contributed by atoms with E-state index in [2.05, 4.69) is 37.7 Å². The van der Waals surface area contributed by atoms with Crippen molar-refractivity contribution in [2.75, 3.05) is 12.3 Å². The van der Waals surface area contributed by atoms with E-state index in [1.54, 1.807) is 4.68 Å². The fourth-order valence-corrected chi connectivity index (χ4v) is 2.33. The van der Waals surface area contributed by atoms with E-state index in [9.17, 15) is 5.11 Å². The zero-order valence-corrected chi connectivity index (χ0v) is 11.8. The molecule has 2 aromatic rings. The van der Waals surface area contributed by atoms with Crippen LogP contribution in [0.3, 0.4) is 0 Å². The normalized spacial score (nSPS) is 12.2. The van der Waals surface area contributed by atoms with E-state index in [1.165, 1.54) is 6.33 Å². The van der Waals surface area contributed by atoms with Gasteiger partial charge in [-0.2, -0.15) is 5.10 Å². The largest absolute Gasteiger partial charge is 0.396 e. The van der Waals surface area contributed by atoms with Crippen LogP contribution in [0.5, 0.6) is 0 Å². The first-order valence-corrected chi connectivity index (χ1v) is 6.26. The number of halogens is 1. The van der Waals surface area contributed by atoms with Gasteiger partial charge in [0, 0.05) is 12.0 Å². The lowest BCUT2D eigenvalue weighted by Crippen LogP contribution is -2.24. The summed E-state index contributed by atoms with van der Waals surface area (Å²) in [5.41, 5.74) is 6.27. The maximum Gasteiger partial charge on any atom is 0.164 e. The molecule has 0 aliphatic carbocycles. The lowest BCUT2D eigenvalue weighted by atomic mass is 9.95. The molecule has 2 heterocycles. The number of nitrogens with zero attached hydrogens (tertiary/aromatic N) is 4. The van der Waals surface area contributed by atoms with E-state index >= 15 is 0 Å². The van der Waals surface area contributed by atoms with Crippen LogP contribution in [0, 0.1) is 9.12 Å². The van der Waals surface area contributed by atoms with E-state index in [1.807, 2.05) is 13.8 Å². The molecule has 7 heteroatoms. The number of anilines is 1. The van der Waals surface area contributed by atoms with Crippen molar-refractivity contribution < 1.29 is 5.11 Å². The Morgan fingerprint density at radius 1 is 1.47 bits per heavy atom. The topological polar surface area (TPSA) is 89.8 Å². The molecule has 0 saturated heterocycles. The first kappa shape index (κ1) is 12.5. The molecule has 0 radical (unpaired) electrons. The van der Waals surface area contributed by atoms with Crippen LogP contribution >= 0.6 is 22.6 Å². The van der Waals surface area contributed by atoms with E-state index in [4.69, 9.17) is 5.73 Å². The van der Waals surface area contributed by atoms with Crippen molar-refractivity contribution in [1.29, 1.82) is 0 Å². The first-order valence-electron chi connectivity index (χ1n) is 5.18. The molecular formula is C10H14IN5O. The van der Waals surface area contributed by atoms with Crippen molar-refractivity contribution in [3.8, 4) is 0 Å². The van der Waals surface area contributed by atoms with Gasteiger partial charge in [-0.25, -0.2) is 14.6 Å². The molecule has 3 N–H and O–H groups in total. The molecule has 0 unspecified atom stereocenters. The van der Waals surface area contributed by atoms with Crippen LogP contribution in [-0.2, 0) is 6.54 Å². The lowest BCUT2D eigenvalue weighted by Gasteiger charge is -2.21. The van der Waals surface area contributed by atoms with Gasteiger partial charge in [0.15, 0.2) is 5.65 Å². The molecule has 92 valence electrons. The minimum Gasteiger partial charge on any atom is -0.396 e. The lowest BCUT2D eigenvalue weighted by molar-refractivity contribution is 0.138. The Kier molecular flexibility index (Phi) is 3.21. The summed E-state index contributed by atoms with van der Waals surface area (Å²) in [5.74, 6) is 0.437. The van der Waals surface area contributed by atoms with Crippen LogP contribution < -0.4 is 5.73 Å². The average molecular weight is 347 g/mol. The van der Waals surface area contributed by atoms with Crippen molar-refractivity contribution >= 4 is 39.4 Å². The van der Waals surface area contributed by atoms with Gasteiger partial charge in [0.05, 0.1) is 11.9 Å². The summed E-state index contributed by atoms with van der Waals surface area (Å²) in [6, 6.07) is 0. The van der Waals surface area contributed by atoms with Crippen molar-refractivity contribution in [2.45, 2.75) is 20.4 Å². The Bertz CT molecular complexity index is 551. The van der Waals surface area contributed by atoms with Crippen LogP contribution in [0.1, 0.15) is 13.8 Å². The predicted molar refractivity (Wildman–Crippen MR) is 73.3 cm³/mol. The smallest absolute Gasteiger partial charge is 0.164 e. The minimum absolute atomic E-state index is 0.0888. The second-order valence-electron chi connectivity index (χ2n) is 4.73. The highest BCUT2D eigenvalue weighted by molar-refractivity contribution is 14.1. The molecule has 0 amide bonds. The number of hydrogen-bond donors (Lipinski definition) is 2. The summed E-state index contributed by atoms with van der Waals surface area (Å²) < 4.78 is 2.55. The number of aliphatic hydroxyl groups excluding tert-OH is 1. The van der Waals surface area contributed by atoms with Gasteiger partial charge in [0.25, 0.3) is 0 Å². The summed E-state index contributed by atoms with van der Waals surface area (Å²) in [5, 5.41) is 14.5.